The predicted molar refractivity (Wildman–Crippen MR) is 308 cm³/mol. The Kier molecular flexibility index (Phi) is 9.21. The molecule has 0 fully saturated rings. The number of rotatable bonds is 5. The average molecular weight is 924 g/mol. The van der Waals surface area contributed by atoms with E-state index in [0.29, 0.717) is 0 Å². The second-order valence-corrected chi connectivity index (χ2v) is 22.2. The van der Waals surface area contributed by atoms with Crippen LogP contribution in [0.15, 0.2) is 218 Å². The molecule has 0 amide bonds. The maximum absolute atomic E-state index is 2.64. The van der Waals surface area contributed by atoms with Gasteiger partial charge in [0.15, 0.2) is 0 Å². The molecule has 4 heteroatoms. The van der Waals surface area contributed by atoms with Crippen molar-refractivity contribution in [1.29, 1.82) is 0 Å². The molecule has 0 atom stereocenters. The van der Waals surface area contributed by atoms with Crippen LogP contribution in [0.3, 0.4) is 0 Å². The van der Waals surface area contributed by atoms with E-state index in [4.69, 9.17) is 0 Å². The Labute approximate surface area is 422 Å². The average Bonchev–Trinajstić information content (AvgIpc) is 3.92. The van der Waals surface area contributed by atoms with Crippen LogP contribution in [0.4, 0.5) is 17.1 Å². The van der Waals surface area contributed by atoms with E-state index in [-0.39, 0.29) is 17.5 Å². The van der Waals surface area contributed by atoms with Crippen LogP contribution in [0, 0.1) is 0 Å². The lowest BCUT2D eigenvalue weighted by molar-refractivity contribution is 0.590. The number of benzene rings is 10. The van der Waals surface area contributed by atoms with Crippen molar-refractivity contribution in [3.05, 3.63) is 230 Å². The lowest BCUT2D eigenvalue weighted by Crippen LogP contribution is -2.60. The SMILES string of the molecule is CC(C)(C)c1ccc2c(c1)c1cc(C(C)(C)C)cc3c1n2-c1cc(-c2ccccc2)cc2c1B3c1cc3c(cc1N2c1ccccc1-c1ccc(-c2ccccc2)cc1)c1ccccc1n3-c1ccccc1. The Bertz CT molecular complexity index is 4150. The van der Waals surface area contributed by atoms with Gasteiger partial charge in [-0.25, -0.2) is 0 Å². The Balaban J connectivity index is 1.15. The molecule has 2 aliphatic heterocycles. The van der Waals surface area contributed by atoms with Gasteiger partial charge < -0.3 is 14.0 Å². The highest BCUT2D eigenvalue weighted by atomic mass is 15.2. The molecule has 0 unspecified atom stereocenters. The van der Waals surface area contributed by atoms with E-state index in [0.717, 1.165) is 11.4 Å². The lowest BCUT2D eigenvalue weighted by Gasteiger charge is -2.41. The summed E-state index contributed by atoms with van der Waals surface area (Å²) in [5, 5.41) is 5.11. The van der Waals surface area contributed by atoms with Crippen LogP contribution in [0.2, 0.25) is 0 Å². The summed E-state index contributed by atoms with van der Waals surface area (Å²) in [5.74, 6) is 0. The minimum atomic E-state index is -0.0940. The van der Waals surface area contributed by atoms with Gasteiger partial charge in [-0.1, -0.05) is 193 Å². The van der Waals surface area contributed by atoms with E-state index in [1.54, 1.807) is 0 Å². The second kappa shape index (κ2) is 15.6. The summed E-state index contributed by atoms with van der Waals surface area (Å²) in [6.07, 6.45) is 0. The fourth-order valence-electron chi connectivity index (χ4n) is 12.2. The van der Waals surface area contributed by atoms with Crippen molar-refractivity contribution in [3.8, 4) is 44.8 Å². The lowest BCUT2D eigenvalue weighted by atomic mass is 9.33. The molecule has 344 valence electrons. The summed E-state index contributed by atoms with van der Waals surface area (Å²) in [6.45, 7) is 14.0. The van der Waals surface area contributed by atoms with Gasteiger partial charge in [0.2, 0.25) is 0 Å². The predicted octanol–water partition coefficient (Wildman–Crippen LogP) is 16.1. The first-order chi connectivity index (χ1) is 35.0. The first-order valence-electron chi connectivity index (χ1n) is 25.5. The molecule has 14 rings (SSSR count). The molecule has 0 aliphatic carbocycles. The minimum Gasteiger partial charge on any atom is -0.311 e. The molecule has 2 aliphatic rings. The molecule has 0 bridgehead atoms. The topological polar surface area (TPSA) is 13.1 Å². The number of aromatic nitrogens is 2. The van der Waals surface area contributed by atoms with Gasteiger partial charge in [0.05, 0.1) is 22.2 Å². The van der Waals surface area contributed by atoms with Crippen LogP contribution < -0.4 is 21.3 Å². The highest BCUT2D eigenvalue weighted by molar-refractivity contribution is 7.00. The molecule has 10 aromatic carbocycles. The summed E-state index contributed by atoms with van der Waals surface area (Å²) >= 11 is 0. The van der Waals surface area contributed by atoms with Crippen molar-refractivity contribution in [2.45, 2.75) is 52.4 Å². The zero-order chi connectivity index (χ0) is 48.6. The number of hydrogen-bond acceptors (Lipinski definition) is 1. The van der Waals surface area contributed by atoms with Gasteiger partial charge in [0.25, 0.3) is 6.71 Å². The number of nitrogens with zero attached hydrogens (tertiary/aromatic N) is 3. The number of para-hydroxylation sites is 3. The van der Waals surface area contributed by atoms with Crippen LogP contribution >= 0.6 is 0 Å². The van der Waals surface area contributed by atoms with Gasteiger partial charge in [0.1, 0.15) is 0 Å². The number of fused-ring (bicyclic) bond motifs is 10. The van der Waals surface area contributed by atoms with Gasteiger partial charge in [-0.3, -0.25) is 0 Å². The minimum absolute atomic E-state index is 0.0124. The molecular weight excluding hydrogens is 870 g/mol. The zero-order valence-corrected chi connectivity index (χ0v) is 41.7. The van der Waals surface area contributed by atoms with Crippen molar-refractivity contribution in [1.82, 2.24) is 9.13 Å². The highest BCUT2D eigenvalue weighted by Crippen LogP contribution is 2.48. The Morgan fingerprint density at radius 1 is 0.333 bits per heavy atom. The molecule has 2 aromatic heterocycles. The third-order valence-electron chi connectivity index (χ3n) is 15.8. The Morgan fingerprint density at radius 3 is 1.62 bits per heavy atom. The molecule has 0 spiro atoms. The smallest absolute Gasteiger partial charge is 0.252 e. The van der Waals surface area contributed by atoms with Crippen LogP contribution in [-0.4, -0.2) is 15.8 Å². The van der Waals surface area contributed by atoms with E-state index in [2.05, 4.69) is 274 Å². The van der Waals surface area contributed by atoms with E-state index < -0.39 is 0 Å². The largest absolute Gasteiger partial charge is 0.311 e. The summed E-state index contributed by atoms with van der Waals surface area (Å²) in [7, 11) is 0. The molecule has 0 N–H and O–H groups in total. The summed E-state index contributed by atoms with van der Waals surface area (Å²) in [6, 6.07) is 82.3. The second-order valence-electron chi connectivity index (χ2n) is 22.2. The maximum Gasteiger partial charge on any atom is 0.252 e. The molecule has 0 radical (unpaired) electrons. The number of hydrogen-bond donors (Lipinski definition) is 0. The zero-order valence-electron chi connectivity index (χ0n) is 41.7. The Morgan fingerprint density at radius 2 is 0.903 bits per heavy atom. The fraction of sp³-hybridized carbons (Fsp3) is 0.118. The van der Waals surface area contributed by atoms with Gasteiger partial charge in [-0.15, -0.1) is 0 Å². The van der Waals surface area contributed by atoms with Gasteiger partial charge in [-0.2, -0.15) is 0 Å². The van der Waals surface area contributed by atoms with E-state index in [1.807, 2.05) is 0 Å². The molecule has 0 saturated heterocycles. The standard InChI is InChI=1S/C68H54BN3/c1-67(2,3)48-34-35-60-53(38-48)55-39-49(68(4,5)6)40-57-66(55)72(60)64-37-47(44-22-12-8-13-23-44)36-63-65(64)69(57)56-42-61-54(52-27-17-19-29-59(52)70(61)50-24-14-9-15-25-50)41-62(56)71(63)58-28-18-16-26-51(58)46-32-30-45(31-33-46)43-20-10-7-11-21-43/h7-42H,1-6H3. The third-order valence-corrected chi connectivity index (χ3v) is 15.8. The van der Waals surface area contributed by atoms with E-state index in [1.165, 1.54) is 122 Å². The van der Waals surface area contributed by atoms with Crippen molar-refractivity contribution in [2.24, 2.45) is 0 Å². The van der Waals surface area contributed by atoms with Crippen molar-refractivity contribution >= 4 is 83.8 Å². The molecule has 72 heavy (non-hydrogen) atoms. The van der Waals surface area contributed by atoms with Gasteiger partial charge in [0, 0.05) is 55.4 Å². The molecule has 3 nitrogen and oxygen atoms in total. The molecule has 4 heterocycles. The molecule has 0 saturated carbocycles. The van der Waals surface area contributed by atoms with Gasteiger partial charge >= 0.3 is 0 Å². The van der Waals surface area contributed by atoms with Crippen LogP contribution in [0.25, 0.3) is 88.4 Å². The summed E-state index contributed by atoms with van der Waals surface area (Å²) in [5.41, 5.74) is 24.7. The van der Waals surface area contributed by atoms with Crippen molar-refractivity contribution in [2.75, 3.05) is 4.90 Å². The van der Waals surface area contributed by atoms with Crippen LogP contribution in [0.1, 0.15) is 52.7 Å². The van der Waals surface area contributed by atoms with E-state index in [9.17, 15) is 0 Å². The normalized spacial score (nSPS) is 13.1. The fourth-order valence-corrected chi connectivity index (χ4v) is 12.2. The highest BCUT2D eigenvalue weighted by Gasteiger charge is 2.44. The number of anilines is 3. The molecular formula is C68H54BN3. The maximum atomic E-state index is 2.64. The first-order valence-corrected chi connectivity index (χ1v) is 25.5. The van der Waals surface area contributed by atoms with Crippen LogP contribution in [0.5, 0.6) is 0 Å². The van der Waals surface area contributed by atoms with Crippen molar-refractivity contribution < 1.29 is 0 Å². The first kappa shape index (κ1) is 42.5. The third kappa shape index (κ3) is 6.38. The van der Waals surface area contributed by atoms with Gasteiger partial charge in [-0.05, 0) is 133 Å². The van der Waals surface area contributed by atoms with Crippen molar-refractivity contribution in [3.63, 3.8) is 0 Å². The van der Waals surface area contributed by atoms with Crippen LogP contribution in [-0.2, 0) is 10.8 Å². The Hall–Kier alpha value is -8.34. The van der Waals surface area contributed by atoms with E-state index >= 15 is 0 Å². The quantitative estimate of drug-likeness (QED) is 0.157. The monoisotopic (exact) mass is 923 g/mol. The molecule has 12 aromatic rings. The summed E-state index contributed by atoms with van der Waals surface area (Å²) in [4.78, 5) is 2.63. The summed E-state index contributed by atoms with van der Waals surface area (Å²) < 4.78 is 5.12.